The van der Waals surface area contributed by atoms with Crippen molar-refractivity contribution in [2.45, 2.75) is 0 Å². The number of hydrogen-bond donors (Lipinski definition) is 5. The molecule has 0 aliphatic heterocycles. The van der Waals surface area contributed by atoms with Crippen LogP contribution in [-0.2, 0) is 0 Å². The zero-order valence-corrected chi connectivity index (χ0v) is 19.6. The summed E-state index contributed by atoms with van der Waals surface area (Å²) in [5.74, 6) is -2.24. The molecule has 0 radical (unpaired) electrons. The summed E-state index contributed by atoms with van der Waals surface area (Å²) in [5.41, 5.74) is 0.630. The third kappa shape index (κ3) is 4.42. The number of phenolic OH excluding ortho intramolecular Hbond substituents is 5. The third-order valence-electron chi connectivity index (χ3n) is 5.97. The van der Waals surface area contributed by atoms with Gasteiger partial charge < -0.3 is 29.9 Å². The minimum absolute atomic E-state index is 0.00976. The Hall–Kier alpha value is -5.50. The summed E-state index contributed by atoms with van der Waals surface area (Å²) in [6.07, 6.45) is 2.67. The minimum Gasteiger partial charge on any atom is -0.508 e. The van der Waals surface area contributed by atoms with Gasteiger partial charge in [-0.3, -0.25) is 9.59 Å². The molecule has 0 atom stereocenters. The van der Waals surface area contributed by atoms with E-state index in [1.807, 2.05) is 0 Å². The first-order valence-electron chi connectivity index (χ1n) is 11.4. The average Bonchev–Trinajstić information content (AvgIpc) is 3.29. The van der Waals surface area contributed by atoms with E-state index in [1.54, 1.807) is 12.1 Å². The molecule has 0 fully saturated rings. The van der Waals surface area contributed by atoms with Crippen molar-refractivity contribution in [1.82, 2.24) is 0 Å². The van der Waals surface area contributed by atoms with Gasteiger partial charge in [0.25, 0.3) is 0 Å². The second-order valence-electron chi connectivity index (χ2n) is 8.51. The predicted octanol–water partition coefficient (Wildman–Crippen LogP) is 5.75. The Labute approximate surface area is 215 Å². The summed E-state index contributed by atoms with van der Waals surface area (Å²) in [7, 11) is 0. The van der Waals surface area contributed by atoms with E-state index in [0.29, 0.717) is 11.1 Å². The van der Waals surface area contributed by atoms with Crippen molar-refractivity contribution in [2.24, 2.45) is 0 Å². The number of phenols is 5. The summed E-state index contributed by atoms with van der Waals surface area (Å²) in [5, 5.41) is 50.2. The fraction of sp³-hybridized carbons (Fsp3) is 0. The van der Waals surface area contributed by atoms with Crippen molar-refractivity contribution in [3.05, 3.63) is 107 Å². The van der Waals surface area contributed by atoms with E-state index in [4.69, 9.17) is 4.42 Å². The molecule has 0 amide bonds. The lowest BCUT2D eigenvalue weighted by Crippen LogP contribution is -2.03. The topological polar surface area (TPSA) is 148 Å². The zero-order chi connectivity index (χ0) is 27.0. The number of rotatable bonds is 6. The van der Waals surface area contributed by atoms with Crippen LogP contribution >= 0.6 is 0 Å². The molecule has 5 aromatic rings. The molecule has 5 N–H and O–H groups in total. The van der Waals surface area contributed by atoms with Crippen molar-refractivity contribution in [3.63, 3.8) is 0 Å². The van der Waals surface area contributed by atoms with E-state index < -0.39 is 23.1 Å². The molecule has 0 saturated carbocycles. The molecule has 188 valence electrons. The standard InChI is InChI=1S/C30H20O8/c31-19-8-1-16(2-9-19)3-14-22(34)25-23(35)15-24(36)26-27(28(37)17-4-10-20(32)11-5-17)29(38-30(25)26)18-6-12-21(33)13-7-18/h1-15,31-33,35-36H/b14-3+. The van der Waals surface area contributed by atoms with Crippen LogP contribution in [0.4, 0.5) is 0 Å². The first-order chi connectivity index (χ1) is 18.2. The Bertz CT molecular complexity index is 1710. The number of fused-ring (bicyclic) bond motifs is 1. The first-order valence-corrected chi connectivity index (χ1v) is 11.4. The molecule has 0 aliphatic carbocycles. The maximum absolute atomic E-state index is 13.7. The van der Waals surface area contributed by atoms with Gasteiger partial charge in [-0.25, -0.2) is 0 Å². The lowest BCUT2D eigenvalue weighted by atomic mass is 9.95. The highest BCUT2D eigenvalue weighted by Crippen LogP contribution is 2.44. The quantitative estimate of drug-likeness (QED) is 0.144. The van der Waals surface area contributed by atoms with Gasteiger partial charge in [0.2, 0.25) is 0 Å². The summed E-state index contributed by atoms with van der Waals surface area (Å²) in [6, 6.07) is 18.3. The summed E-state index contributed by atoms with van der Waals surface area (Å²) in [6.45, 7) is 0. The highest BCUT2D eigenvalue weighted by Gasteiger charge is 2.30. The van der Waals surface area contributed by atoms with Crippen LogP contribution in [0.1, 0.15) is 31.8 Å². The highest BCUT2D eigenvalue weighted by atomic mass is 16.3. The number of aromatic hydroxyl groups is 5. The number of benzene rings is 4. The monoisotopic (exact) mass is 508 g/mol. The van der Waals surface area contributed by atoms with Gasteiger partial charge in [-0.15, -0.1) is 0 Å². The molecule has 8 heteroatoms. The fourth-order valence-electron chi connectivity index (χ4n) is 4.11. The number of ketones is 2. The van der Waals surface area contributed by atoms with Crippen LogP contribution in [0.3, 0.4) is 0 Å². The van der Waals surface area contributed by atoms with Gasteiger partial charge in [0.1, 0.15) is 40.1 Å². The predicted molar refractivity (Wildman–Crippen MR) is 140 cm³/mol. The van der Waals surface area contributed by atoms with Crippen molar-refractivity contribution >= 4 is 28.6 Å². The van der Waals surface area contributed by atoms with E-state index in [9.17, 15) is 35.1 Å². The summed E-state index contributed by atoms with van der Waals surface area (Å²) in [4.78, 5) is 26.9. The molecule has 1 aromatic heterocycles. The van der Waals surface area contributed by atoms with E-state index >= 15 is 0 Å². The fourth-order valence-corrected chi connectivity index (χ4v) is 4.11. The van der Waals surface area contributed by atoms with Gasteiger partial charge in [0, 0.05) is 17.2 Å². The number of hydrogen-bond acceptors (Lipinski definition) is 8. The van der Waals surface area contributed by atoms with Gasteiger partial charge in [0.15, 0.2) is 17.1 Å². The molecule has 4 aromatic carbocycles. The van der Waals surface area contributed by atoms with Crippen LogP contribution < -0.4 is 0 Å². The van der Waals surface area contributed by atoms with Crippen LogP contribution in [0.15, 0.2) is 89.4 Å². The van der Waals surface area contributed by atoms with Gasteiger partial charge in [-0.05, 0) is 72.3 Å². The van der Waals surface area contributed by atoms with Crippen molar-refractivity contribution in [1.29, 1.82) is 0 Å². The Morgan fingerprint density at radius 2 is 1.21 bits per heavy atom. The largest absolute Gasteiger partial charge is 0.508 e. The molecule has 1 heterocycles. The van der Waals surface area contributed by atoms with E-state index in [0.717, 1.165) is 6.07 Å². The number of carbonyl (C=O) groups excluding carboxylic acids is 2. The minimum atomic E-state index is -0.657. The maximum atomic E-state index is 13.7. The SMILES string of the molecule is O=C(/C=C/c1ccc(O)cc1)c1c(O)cc(O)c2c(C(=O)c3ccc(O)cc3)c(-c3ccc(O)cc3)oc12. The Kier molecular flexibility index (Phi) is 6.06. The van der Waals surface area contributed by atoms with Crippen LogP contribution in [0.2, 0.25) is 0 Å². The third-order valence-corrected chi connectivity index (χ3v) is 5.97. The van der Waals surface area contributed by atoms with E-state index in [2.05, 4.69) is 0 Å². The highest BCUT2D eigenvalue weighted by molar-refractivity contribution is 6.24. The van der Waals surface area contributed by atoms with Crippen molar-refractivity contribution in [3.8, 4) is 40.1 Å². The molecule has 0 unspecified atom stereocenters. The molecule has 0 saturated heterocycles. The van der Waals surface area contributed by atoms with Gasteiger partial charge in [0.05, 0.1) is 10.9 Å². The summed E-state index contributed by atoms with van der Waals surface area (Å²) < 4.78 is 6.01. The van der Waals surface area contributed by atoms with Crippen LogP contribution in [0.25, 0.3) is 28.4 Å². The van der Waals surface area contributed by atoms with Crippen molar-refractivity contribution in [2.75, 3.05) is 0 Å². The Morgan fingerprint density at radius 1 is 0.658 bits per heavy atom. The molecular weight excluding hydrogens is 488 g/mol. The zero-order valence-electron chi connectivity index (χ0n) is 19.6. The van der Waals surface area contributed by atoms with Gasteiger partial charge in [-0.1, -0.05) is 18.2 Å². The second-order valence-corrected chi connectivity index (χ2v) is 8.51. The Balaban J connectivity index is 1.73. The molecular formula is C30H20O8. The molecule has 0 spiro atoms. The van der Waals surface area contributed by atoms with E-state index in [1.165, 1.54) is 72.8 Å². The van der Waals surface area contributed by atoms with Crippen LogP contribution in [-0.4, -0.2) is 37.1 Å². The molecule has 5 rings (SSSR count). The molecule has 38 heavy (non-hydrogen) atoms. The molecule has 8 nitrogen and oxygen atoms in total. The summed E-state index contributed by atoms with van der Waals surface area (Å²) >= 11 is 0. The Morgan fingerprint density at radius 3 is 1.82 bits per heavy atom. The maximum Gasteiger partial charge on any atom is 0.197 e. The number of allylic oxidation sites excluding steroid dienone is 1. The lowest BCUT2D eigenvalue weighted by Gasteiger charge is -2.06. The molecule has 0 aliphatic rings. The average molecular weight is 508 g/mol. The van der Waals surface area contributed by atoms with E-state index in [-0.39, 0.29) is 50.7 Å². The second kappa shape index (κ2) is 9.51. The van der Waals surface area contributed by atoms with Crippen LogP contribution in [0, 0.1) is 0 Å². The number of carbonyl (C=O) groups is 2. The first kappa shape index (κ1) is 24.2. The smallest absolute Gasteiger partial charge is 0.197 e. The number of furan rings is 1. The lowest BCUT2D eigenvalue weighted by molar-refractivity contribution is 0.103. The van der Waals surface area contributed by atoms with Crippen molar-refractivity contribution < 1.29 is 39.5 Å². The molecule has 0 bridgehead atoms. The van der Waals surface area contributed by atoms with Gasteiger partial charge >= 0.3 is 0 Å². The normalized spacial score (nSPS) is 11.3. The van der Waals surface area contributed by atoms with Gasteiger partial charge in [-0.2, -0.15) is 0 Å². The van der Waals surface area contributed by atoms with Crippen LogP contribution in [0.5, 0.6) is 28.7 Å².